The van der Waals surface area contributed by atoms with Gasteiger partial charge in [0.05, 0.1) is 36.7 Å². The van der Waals surface area contributed by atoms with E-state index in [9.17, 15) is 29.1 Å². The van der Waals surface area contributed by atoms with Crippen LogP contribution in [0.5, 0.6) is 5.75 Å². The molecule has 17 heteroatoms. The third kappa shape index (κ3) is 8.96. The number of aromatic nitrogens is 2. The minimum atomic E-state index is -1.25. The van der Waals surface area contributed by atoms with Crippen LogP contribution >= 0.6 is 0 Å². The Hall–Kier alpha value is -5.88. The number of cyclic esters (lactones) is 1. The highest BCUT2D eigenvalue weighted by molar-refractivity contribution is 5.97. The van der Waals surface area contributed by atoms with E-state index in [1.54, 1.807) is 30.3 Å². The van der Waals surface area contributed by atoms with Crippen LogP contribution in [-0.2, 0) is 57.6 Å². The molecule has 4 amide bonds. The van der Waals surface area contributed by atoms with E-state index in [-0.39, 0.29) is 68.5 Å². The van der Waals surface area contributed by atoms with E-state index in [2.05, 4.69) is 59.6 Å². The molecule has 9 rings (SSSR count). The average Bonchev–Trinajstić information content (AvgIpc) is 3.92. The summed E-state index contributed by atoms with van der Waals surface area (Å²) >= 11 is 0. The minimum absolute atomic E-state index is 0.0168. The third-order valence-corrected chi connectivity index (χ3v) is 14.3. The molecular formula is C51H64N8O9. The van der Waals surface area contributed by atoms with Gasteiger partial charge in [0.25, 0.3) is 11.8 Å². The summed E-state index contributed by atoms with van der Waals surface area (Å²) in [5.41, 5.74) is 8.25. The van der Waals surface area contributed by atoms with Gasteiger partial charge in [-0.1, -0.05) is 39.8 Å². The van der Waals surface area contributed by atoms with E-state index in [0.717, 1.165) is 39.0 Å². The van der Waals surface area contributed by atoms with E-state index in [4.69, 9.17) is 19.2 Å². The molecule has 6 bridgehead atoms. The van der Waals surface area contributed by atoms with Crippen LogP contribution in [0.25, 0.3) is 33.3 Å². The number of likely N-dealkylation sites (tertiary alicyclic amines) is 1. The summed E-state index contributed by atoms with van der Waals surface area (Å²) in [4.78, 5) is 78.5. The molecule has 4 saturated heterocycles. The first-order valence-corrected chi connectivity index (χ1v) is 24.0. The lowest BCUT2D eigenvalue weighted by Crippen LogP contribution is -2.62. The number of phenols is 1. The monoisotopic (exact) mass is 932 g/mol. The van der Waals surface area contributed by atoms with Crippen LogP contribution in [0.15, 0.2) is 54.7 Å². The van der Waals surface area contributed by atoms with E-state index < -0.39 is 46.9 Å². The molecule has 17 nitrogen and oxygen atoms in total. The number of fused-ring (bicyclic) bond motifs is 6. The molecule has 4 fully saturated rings. The van der Waals surface area contributed by atoms with Gasteiger partial charge < -0.3 is 44.3 Å². The van der Waals surface area contributed by atoms with Crippen LogP contribution in [0, 0.1) is 11.3 Å². The zero-order valence-corrected chi connectivity index (χ0v) is 40.1. The lowest BCUT2D eigenvalue weighted by Gasteiger charge is -2.36. The van der Waals surface area contributed by atoms with Crippen LogP contribution < -0.4 is 16.1 Å². The van der Waals surface area contributed by atoms with Gasteiger partial charge in [0, 0.05) is 74.2 Å². The number of pyridine rings is 1. The van der Waals surface area contributed by atoms with Gasteiger partial charge in [-0.15, -0.1) is 0 Å². The second-order valence-electron chi connectivity index (χ2n) is 20.2. The van der Waals surface area contributed by atoms with Crippen molar-refractivity contribution in [3.63, 3.8) is 0 Å². The summed E-state index contributed by atoms with van der Waals surface area (Å²) in [6, 6.07) is 12.2. The number of hydrogen-bond donors (Lipinski definition) is 4. The molecule has 68 heavy (non-hydrogen) atoms. The third-order valence-electron chi connectivity index (χ3n) is 14.3. The van der Waals surface area contributed by atoms with Gasteiger partial charge in [0.2, 0.25) is 11.8 Å². The molecule has 7 heterocycles. The molecule has 0 aliphatic carbocycles. The maximum Gasteiger partial charge on any atom is 0.324 e. The molecular weight excluding hydrogens is 869 g/mol. The number of hydrazine groups is 1. The Labute approximate surface area is 396 Å². The van der Waals surface area contributed by atoms with E-state index >= 15 is 0 Å². The highest BCUT2D eigenvalue weighted by atomic mass is 16.5. The van der Waals surface area contributed by atoms with Gasteiger partial charge in [-0.2, -0.15) is 0 Å². The Morgan fingerprint density at radius 3 is 2.59 bits per heavy atom. The molecule has 0 saturated carbocycles. The van der Waals surface area contributed by atoms with Crippen molar-refractivity contribution in [2.24, 2.45) is 11.3 Å². The number of phenolic OH excluding ortho intramolecular Hbond substituents is 1. The molecule has 5 aliphatic rings. The Balaban J connectivity index is 1.10. The lowest BCUT2D eigenvalue weighted by molar-refractivity contribution is -0.155. The normalized spacial score (nSPS) is 24.9. The van der Waals surface area contributed by atoms with E-state index in [1.807, 2.05) is 39.0 Å². The summed E-state index contributed by atoms with van der Waals surface area (Å²) in [6.45, 7) is 13.9. The fourth-order valence-corrected chi connectivity index (χ4v) is 10.6. The number of methoxy groups -OCH3 is 1. The van der Waals surface area contributed by atoms with Gasteiger partial charge >= 0.3 is 5.97 Å². The van der Waals surface area contributed by atoms with Gasteiger partial charge in [-0.05, 0) is 97.7 Å². The Bertz CT molecular complexity index is 2640. The number of hydrogen-bond acceptors (Lipinski definition) is 12. The van der Waals surface area contributed by atoms with Crippen LogP contribution in [0.4, 0.5) is 0 Å². The van der Waals surface area contributed by atoms with Crippen molar-refractivity contribution in [2.45, 2.75) is 116 Å². The smallest absolute Gasteiger partial charge is 0.324 e. The number of carbonyl (C=O) groups is 5. The molecule has 362 valence electrons. The highest BCUT2D eigenvalue weighted by Crippen LogP contribution is 2.42. The van der Waals surface area contributed by atoms with E-state index in [0.29, 0.717) is 56.4 Å². The second-order valence-corrected chi connectivity index (χ2v) is 20.2. The lowest BCUT2D eigenvalue weighted by atomic mass is 9.84. The number of amides is 4. The maximum atomic E-state index is 14.8. The van der Waals surface area contributed by atoms with Crippen molar-refractivity contribution < 1.29 is 43.3 Å². The fourth-order valence-electron chi connectivity index (χ4n) is 10.6. The van der Waals surface area contributed by atoms with Crippen molar-refractivity contribution in [3.8, 4) is 28.1 Å². The zero-order valence-electron chi connectivity index (χ0n) is 40.1. The number of nitrogens with zero attached hydrogens (tertiary/aromatic N) is 5. The summed E-state index contributed by atoms with van der Waals surface area (Å²) in [5, 5.41) is 19.8. The van der Waals surface area contributed by atoms with Crippen LogP contribution in [0.2, 0.25) is 0 Å². The molecule has 1 unspecified atom stereocenters. The minimum Gasteiger partial charge on any atom is -0.508 e. The van der Waals surface area contributed by atoms with Crippen molar-refractivity contribution in [2.75, 3.05) is 46.6 Å². The number of rotatable bonds is 9. The van der Waals surface area contributed by atoms with Crippen molar-refractivity contribution in [1.82, 2.24) is 40.4 Å². The summed E-state index contributed by atoms with van der Waals surface area (Å²) < 4.78 is 20.4. The van der Waals surface area contributed by atoms with Crippen LogP contribution in [-0.4, -0.2) is 135 Å². The van der Waals surface area contributed by atoms with Gasteiger partial charge in [-0.3, -0.25) is 34.0 Å². The largest absolute Gasteiger partial charge is 0.508 e. The number of carbonyl (C=O) groups excluding carboxylic acids is 5. The van der Waals surface area contributed by atoms with Gasteiger partial charge in [0.1, 0.15) is 30.6 Å². The van der Waals surface area contributed by atoms with Crippen LogP contribution in [0.3, 0.4) is 0 Å². The fraction of sp³-hybridized carbons (Fsp3) is 0.529. The number of ether oxygens (including phenoxy) is 3. The molecule has 2 aromatic heterocycles. The highest BCUT2D eigenvalue weighted by Gasteiger charge is 2.57. The quantitative estimate of drug-likeness (QED) is 0.138. The SMILES string of the molecule is CCn1c(-c2cccnc2[C@H](C)OC)c2c3cc(ccc31)-c1cc(O)cc(c1)C[C@H](NC(=O)C(C(C)C)N1CO[C@]3(CCN(C(=O)[C@H]4CN4)C3)C1=O)C(=O)N1CCC[C@H](N1)C(=O)OCC(C)(C)C2. The van der Waals surface area contributed by atoms with Crippen molar-refractivity contribution in [1.29, 1.82) is 0 Å². The molecule has 0 radical (unpaired) electrons. The maximum absolute atomic E-state index is 14.8. The Morgan fingerprint density at radius 2 is 1.85 bits per heavy atom. The molecule has 4 aromatic rings. The number of aryl methyl sites for hydroxylation is 1. The summed E-state index contributed by atoms with van der Waals surface area (Å²) in [6.07, 6.45) is 3.25. The number of benzene rings is 2. The average molecular weight is 933 g/mol. The molecule has 2 aromatic carbocycles. The van der Waals surface area contributed by atoms with E-state index in [1.165, 1.54) is 9.91 Å². The molecule has 6 atom stereocenters. The predicted molar refractivity (Wildman–Crippen MR) is 252 cm³/mol. The number of esters is 1. The zero-order chi connectivity index (χ0) is 48.2. The summed E-state index contributed by atoms with van der Waals surface area (Å²) in [7, 11) is 1.67. The molecule has 5 aliphatic heterocycles. The first-order chi connectivity index (χ1) is 32.5. The Morgan fingerprint density at radius 1 is 1.06 bits per heavy atom. The molecule has 1 spiro atoms. The van der Waals surface area contributed by atoms with Crippen molar-refractivity contribution >= 4 is 40.5 Å². The predicted octanol–water partition coefficient (Wildman–Crippen LogP) is 4.24. The number of nitrogens with one attached hydrogen (secondary N) is 3. The van der Waals surface area contributed by atoms with Gasteiger partial charge in [-0.25, -0.2) is 5.43 Å². The van der Waals surface area contributed by atoms with Gasteiger partial charge in [0.15, 0.2) is 5.60 Å². The second kappa shape index (κ2) is 18.6. The standard InChI is InChI=1S/C51H64N8O9/c1-8-57-41-14-13-32-23-36(41)37(44(57)35-11-9-16-52-42(35)30(4)66-7)24-50(5,6)27-67-48(64)38-12-10-17-59(55-38)47(63)39(21-31-19-33(32)22-34(60)20-31)54-45(61)43(29(2)3)58-28-68-51(49(58)65)15-18-56(26-51)46(62)40-25-53-40/h9,11,13-14,16,19-20,22-23,29-30,38-40,43,53,55,60H,8,10,12,15,17-18,21,24-28H2,1-7H3,(H,54,61)/t30-,38-,39-,40+,43?,51-/m0/s1. The van der Waals surface area contributed by atoms with Crippen LogP contribution in [0.1, 0.15) is 83.7 Å². The molecule has 4 N–H and O–H groups in total. The first kappa shape index (κ1) is 47.2. The topological polar surface area (TPSA) is 207 Å². The summed E-state index contributed by atoms with van der Waals surface area (Å²) in [5.74, 6) is -2.36. The van der Waals surface area contributed by atoms with Crippen molar-refractivity contribution in [3.05, 3.63) is 71.5 Å². The Kier molecular flexibility index (Phi) is 12.9. The number of aromatic hydroxyl groups is 1. The first-order valence-electron chi connectivity index (χ1n) is 24.0.